The molecular weight excluding hydrogens is 194 g/mol. The van der Waals surface area contributed by atoms with Gasteiger partial charge in [-0.3, -0.25) is 0 Å². The second-order valence-electron chi connectivity index (χ2n) is 5.87. The summed E-state index contributed by atoms with van der Waals surface area (Å²) in [5.41, 5.74) is 7.52. The largest absolute Gasteiger partial charge is 0.405 e. The quantitative estimate of drug-likeness (QED) is 0.741. The summed E-state index contributed by atoms with van der Waals surface area (Å²) < 4.78 is 0. The maximum atomic E-state index is 5.90. The molecule has 16 heavy (non-hydrogen) atoms. The van der Waals surface area contributed by atoms with Crippen molar-refractivity contribution < 1.29 is 0 Å². The van der Waals surface area contributed by atoms with E-state index in [4.69, 9.17) is 5.73 Å². The van der Waals surface area contributed by atoms with E-state index in [1.165, 1.54) is 57.8 Å². The third kappa shape index (κ3) is 2.61. The van der Waals surface area contributed by atoms with Crippen molar-refractivity contribution >= 4 is 0 Å². The zero-order valence-corrected chi connectivity index (χ0v) is 10.8. The lowest BCUT2D eigenvalue weighted by atomic mass is 9.66. The summed E-state index contributed by atoms with van der Waals surface area (Å²) in [6.07, 6.45) is 14.7. The van der Waals surface area contributed by atoms with Crippen molar-refractivity contribution in [3.8, 4) is 0 Å². The van der Waals surface area contributed by atoms with E-state index in [0.717, 1.165) is 17.8 Å². The third-order valence-electron chi connectivity index (χ3n) is 4.82. The Balaban J connectivity index is 1.96. The smallest absolute Gasteiger partial charge is 0.00647 e. The van der Waals surface area contributed by atoms with Gasteiger partial charge < -0.3 is 5.73 Å². The van der Waals surface area contributed by atoms with E-state index in [9.17, 15) is 0 Å². The van der Waals surface area contributed by atoms with Crippen LogP contribution in [0.4, 0.5) is 0 Å². The van der Waals surface area contributed by atoms with Gasteiger partial charge in [-0.15, -0.1) is 0 Å². The predicted molar refractivity (Wildman–Crippen MR) is 70.0 cm³/mol. The van der Waals surface area contributed by atoms with Crippen LogP contribution in [0.5, 0.6) is 0 Å². The van der Waals surface area contributed by atoms with Gasteiger partial charge in [0.15, 0.2) is 0 Å². The molecule has 2 aliphatic carbocycles. The maximum Gasteiger partial charge on any atom is -0.00647 e. The van der Waals surface area contributed by atoms with Gasteiger partial charge in [-0.2, -0.15) is 0 Å². The molecule has 2 rings (SSSR count). The lowest BCUT2D eigenvalue weighted by molar-refractivity contribution is 0.211. The van der Waals surface area contributed by atoms with Crippen LogP contribution in [0, 0.1) is 17.8 Å². The molecule has 2 unspecified atom stereocenters. The van der Waals surface area contributed by atoms with Gasteiger partial charge in [0, 0.05) is 0 Å². The van der Waals surface area contributed by atoms with E-state index in [2.05, 4.69) is 6.92 Å². The Morgan fingerprint density at radius 2 is 1.56 bits per heavy atom. The molecule has 0 spiro atoms. The summed E-state index contributed by atoms with van der Waals surface area (Å²) in [7, 11) is 0. The van der Waals surface area contributed by atoms with Crippen molar-refractivity contribution in [2.24, 2.45) is 23.5 Å². The molecule has 92 valence electrons. The SMILES string of the molecule is CC1CCC1/C(=C/N)C1CCCCCCC1. The molecule has 2 fully saturated rings. The molecule has 0 heterocycles. The predicted octanol–water partition coefficient (Wildman–Crippen LogP) is 4.24. The monoisotopic (exact) mass is 221 g/mol. The first kappa shape index (κ1) is 12.0. The standard InChI is InChI=1S/C15H27N/c1-12-9-10-14(12)15(11-16)13-7-5-3-2-4-6-8-13/h11-14H,2-10,16H2,1H3/b15-11+. The number of rotatable bonds is 2. The van der Waals surface area contributed by atoms with Crippen LogP contribution in [0.25, 0.3) is 0 Å². The van der Waals surface area contributed by atoms with Crippen LogP contribution in [-0.2, 0) is 0 Å². The Bertz CT molecular complexity index is 236. The van der Waals surface area contributed by atoms with Crippen LogP contribution in [0.3, 0.4) is 0 Å². The van der Waals surface area contributed by atoms with Gasteiger partial charge in [0.2, 0.25) is 0 Å². The van der Waals surface area contributed by atoms with Crippen LogP contribution in [0.1, 0.15) is 64.7 Å². The molecule has 1 heteroatoms. The first-order chi connectivity index (χ1) is 7.83. The number of hydrogen-bond donors (Lipinski definition) is 1. The molecule has 0 amide bonds. The zero-order chi connectivity index (χ0) is 11.4. The fourth-order valence-corrected chi connectivity index (χ4v) is 3.51. The molecule has 2 N–H and O–H groups in total. The van der Waals surface area contributed by atoms with Crippen LogP contribution in [0.2, 0.25) is 0 Å². The van der Waals surface area contributed by atoms with E-state index >= 15 is 0 Å². The van der Waals surface area contributed by atoms with Gasteiger partial charge in [-0.1, -0.05) is 39.0 Å². The van der Waals surface area contributed by atoms with Crippen molar-refractivity contribution in [3.63, 3.8) is 0 Å². The average Bonchev–Trinajstić information content (AvgIpc) is 2.24. The fourth-order valence-electron chi connectivity index (χ4n) is 3.51. The van der Waals surface area contributed by atoms with Crippen molar-refractivity contribution in [1.29, 1.82) is 0 Å². The summed E-state index contributed by atoms with van der Waals surface area (Å²) in [6, 6.07) is 0. The van der Waals surface area contributed by atoms with Crippen molar-refractivity contribution in [2.75, 3.05) is 0 Å². The van der Waals surface area contributed by atoms with E-state index in [1.807, 2.05) is 6.20 Å². The molecule has 0 aromatic heterocycles. The summed E-state index contributed by atoms with van der Waals surface area (Å²) in [5, 5.41) is 0. The normalized spacial score (nSPS) is 33.9. The van der Waals surface area contributed by atoms with Crippen molar-refractivity contribution in [3.05, 3.63) is 11.8 Å². The third-order valence-corrected chi connectivity index (χ3v) is 4.82. The molecule has 0 saturated heterocycles. The number of allylic oxidation sites excluding steroid dienone is 1. The maximum absolute atomic E-state index is 5.90. The highest BCUT2D eigenvalue weighted by Gasteiger charge is 2.33. The molecule has 1 nitrogen and oxygen atoms in total. The Kier molecular flexibility index (Phi) is 4.31. The summed E-state index contributed by atoms with van der Waals surface area (Å²) in [4.78, 5) is 0. The highest BCUT2D eigenvalue weighted by atomic mass is 14.5. The molecule has 2 aliphatic rings. The van der Waals surface area contributed by atoms with Gasteiger partial charge in [0.1, 0.15) is 0 Å². The highest BCUT2D eigenvalue weighted by Crippen LogP contribution is 2.44. The molecule has 0 aliphatic heterocycles. The minimum absolute atomic E-state index is 0.818. The first-order valence-corrected chi connectivity index (χ1v) is 7.24. The van der Waals surface area contributed by atoms with E-state index in [0.29, 0.717) is 0 Å². The van der Waals surface area contributed by atoms with Gasteiger partial charge in [0.25, 0.3) is 0 Å². The van der Waals surface area contributed by atoms with Crippen LogP contribution >= 0.6 is 0 Å². The van der Waals surface area contributed by atoms with Crippen molar-refractivity contribution in [1.82, 2.24) is 0 Å². The Morgan fingerprint density at radius 3 is 2.00 bits per heavy atom. The van der Waals surface area contributed by atoms with Crippen LogP contribution < -0.4 is 5.73 Å². The van der Waals surface area contributed by atoms with Gasteiger partial charge >= 0.3 is 0 Å². The van der Waals surface area contributed by atoms with Crippen LogP contribution in [-0.4, -0.2) is 0 Å². The molecule has 0 bridgehead atoms. The van der Waals surface area contributed by atoms with Gasteiger partial charge in [-0.05, 0) is 55.2 Å². The Morgan fingerprint density at radius 1 is 0.938 bits per heavy atom. The van der Waals surface area contributed by atoms with Gasteiger partial charge in [-0.25, -0.2) is 0 Å². The van der Waals surface area contributed by atoms with E-state index in [1.54, 1.807) is 5.57 Å². The second-order valence-corrected chi connectivity index (χ2v) is 5.87. The Hall–Kier alpha value is -0.460. The topological polar surface area (TPSA) is 26.0 Å². The van der Waals surface area contributed by atoms with Gasteiger partial charge in [0.05, 0.1) is 0 Å². The molecule has 0 aromatic carbocycles. The van der Waals surface area contributed by atoms with E-state index < -0.39 is 0 Å². The zero-order valence-electron chi connectivity index (χ0n) is 10.8. The number of hydrogen-bond acceptors (Lipinski definition) is 1. The summed E-state index contributed by atoms with van der Waals surface area (Å²) >= 11 is 0. The lowest BCUT2D eigenvalue weighted by Crippen LogP contribution is -2.29. The summed E-state index contributed by atoms with van der Waals surface area (Å²) in [6.45, 7) is 2.39. The van der Waals surface area contributed by atoms with Crippen molar-refractivity contribution in [2.45, 2.75) is 64.7 Å². The minimum Gasteiger partial charge on any atom is -0.405 e. The average molecular weight is 221 g/mol. The number of nitrogens with two attached hydrogens (primary N) is 1. The minimum atomic E-state index is 0.818. The van der Waals surface area contributed by atoms with E-state index in [-0.39, 0.29) is 0 Å². The molecular formula is C15H27N. The fraction of sp³-hybridized carbons (Fsp3) is 0.867. The molecule has 0 aromatic rings. The van der Waals surface area contributed by atoms with Crippen LogP contribution in [0.15, 0.2) is 11.8 Å². The lowest BCUT2D eigenvalue weighted by Gasteiger charge is -2.39. The molecule has 0 radical (unpaired) electrons. The summed E-state index contributed by atoms with van der Waals surface area (Å²) in [5.74, 6) is 2.53. The second kappa shape index (κ2) is 5.75. The molecule has 2 saturated carbocycles. The Labute approximate surface area is 100 Å². The first-order valence-electron chi connectivity index (χ1n) is 7.24. The highest BCUT2D eigenvalue weighted by molar-refractivity contribution is 5.14. The molecule has 2 atom stereocenters.